The van der Waals surface area contributed by atoms with E-state index in [1.54, 1.807) is 12.4 Å². The van der Waals surface area contributed by atoms with E-state index in [4.69, 9.17) is 10.3 Å². The molecule has 0 aliphatic rings. The summed E-state index contributed by atoms with van der Waals surface area (Å²) >= 11 is 0. The van der Waals surface area contributed by atoms with Crippen LogP contribution < -0.4 is 5.73 Å². The summed E-state index contributed by atoms with van der Waals surface area (Å²) in [6.45, 7) is 1.89. The highest BCUT2D eigenvalue weighted by atomic mass is 16.5. The minimum absolute atomic E-state index is 0.0138. The molecule has 0 radical (unpaired) electrons. The van der Waals surface area contributed by atoms with Crippen LogP contribution in [0.1, 0.15) is 12.8 Å². The monoisotopic (exact) mass is 193 g/mol. The van der Waals surface area contributed by atoms with Crippen LogP contribution in [0.5, 0.6) is 0 Å². The predicted molar refractivity (Wildman–Crippen MR) is 49.2 cm³/mol. The van der Waals surface area contributed by atoms with Crippen molar-refractivity contribution in [3.05, 3.63) is 18.3 Å². The molecule has 74 valence electrons. The van der Waals surface area contributed by atoms with Gasteiger partial charge in [-0.1, -0.05) is 5.16 Å². The normalized spacial score (nSPS) is 13.0. The molecule has 1 atom stereocenters. The van der Waals surface area contributed by atoms with Crippen molar-refractivity contribution >= 4 is 0 Å². The van der Waals surface area contributed by atoms with Crippen LogP contribution in [0.2, 0.25) is 0 Å². The van der Waals surface area contributed by atoms with E-state index in [0.29, 0.717) is 24.0 Å². The third-order valence-corrected chi connectivity index (χ3v) is 1.67. The molecule has 14 heavy (non-hydrogen) atoms. The molecule has 0 fully saturated rings. The third-order valence-electron chi connectivity index (χ3n) is 1.67. The summed E-state index contributed by atoms with van der Waals surface area (Å²) in [5.41, 5.74) is 5.60. The highest BCUT2D eigenvalue weighted by Gasteiger charge is 2.10. The van der Waals surface area contributed by atoms with Crippen molar-refractivity contribution in [2.75, 3.05) is 0 Å². The quantitative estimate of drug-likeness (QED) is 0.733. The minimum Gasteiger partial charge on any atom is -0.342 e. The molecule has 0 bridgehead atoms. The molecule has 2 rings (SSSR count). The first-order valence-corrected chi connectivity index (χ1v) is 4.33. The molecule has 0 spiro atoms. The Morgan fingerprint density at radius 1 is 1.64 bits per heavy atom. The van der Waals surface area contributed by atoms with Gasteiger partial charge < -0.3 is 15.2 Å². The van der Waals surface area contributed by atoms with Gasteiger partial charge in [0.2, 0.25) is 11.7 Å². The van der Waals surface area contributed by atoms with Gasteiger partial charge in [-0.3, -0.25) is 0 Å². The predicted octanol–water partition coefficient (Wildman–Crippen LogP) is 0.349. The van der Waals surface area contributed by atoms with Gasteiger partial charge in [0.1, 0.15) is 0 Å². The second-order valence-electron chi connectivity index (χ2n) is 3.13. The van der Waals surface area contributed by atoms with Gasteiger partial charge in [-0.25, -0.2) is 4.98 Å². The van der Waals surface area contributed by atoms with E-state index in [1.807, 2.05) is 6.92 Å². The molecule has 0 saturated carbocycles. The van der Waals surface area contributed by atoms with Crippen LogP contribution in [-0.2, 0) is 6.42 Å². The van der Waals surface area contributed by atoms with Crippen molar-refractivity contribution in [1.29, 1.82) is 0 Å². The standard InChI is InChI=1S/C8H11N5O/c1-5(9)4-6-12-8(13-14-6)7-10-2-3-11-7/h2-3,5H,4,9H2,1H3,(H,10,11). The molecular formula is C8H11N5O. The van der Waals surface area contributed by atoms with Gasteiger partial charge in [-0.2, -0.15) is 4.98 Å². The molecule has 2 aromatic heterocycles. The van der Waals surface area contributed by atoms with Crippen LogP contribution >= 0.6 is 0 Å². The highest BCUT2D eigenvalue weighted by Crippen LogP contribution is 2.10. The van der Waals surface area contributed by atoms with Crippen LogP contribution in [0.3, 0.4) is 0 Å². The zero-order chi connectivity index (χ0) is 9.97. The fourth-order valence-corrected chi connectivity index (χ4v) is 1.10. The van der Waals surface area contributed by atoms with Crippen molar-refractivity contribution in [3.63, 3.8) is 0 Å². The molecule has 6 heteroatoms. The average molecular weight is 193 g/mol. The van der Waals surface area contributed by atoms with E-state index in [-0.39, 0.29) is 6.04 Å². The lowest BCUT2D eigenvalue weighted by molar-refractivity contribution is 0.371. The second kappa shape index (κ2) is 3.59. The first kappa shape index (κ1) is 8.89. The Hall–Kier alpha value is -1.69. The van der Waals surface area contributed by atoms with Crippen molar-refractivity contribution in [3.8, 4) is 11.6 Å². The molecule has 2 aromatic rings. The molecular weight excluding hydrogens is 182 g/mol. The van der Waals surface area contributed by atoms with Gasteiger partial charge in [0.25, 0.3) is 0 Å². The van der Waals surface area contributed by atoms with E-state index in [0.717, 1.165) is 0 Å². The smallest absolute Gasteiger partial charge is 0.238 e. The topological polar surface area (TPSA) is 93.6 Å². The molecule has 3 N–H and O–H groups in total. The molecule has 0 aliphatic carbocycles. The molecule has 0 saturated heterocycles. The summed E-state index contributed by atoms with van der Waals surface area (Å²) in [6.07, 6.45) is 3.92. The van der Waals surface area contributed by atoms with E-state index >= 15 is 0 Å². The lowest BCUT2D eigenvalue weighted by Crippen LogP contribution is -2.17. The molecule has 6 nitrogen and oxygen atoms in total. The van der Waals surface area contributed by atoms with Crippen LogP contribution in [0, 0.1) is 0 Å². The highest BCUT2D eigenvalue weighted by molar-refractivity contribution is 5.40. The van der Waals surface area contributed by atoms with Crippen molar-refractivity contribution in [1.82, 2.24) is 20.1 Å². The number of aromatic nitrogens is 4. The molecule has 0 aliphatic heterocycles. The first-order valence-electron chi connectivity index (χ1n) is 4.33. The van der Waals surface area contributed by atoms with Gasteiger partial charge in [0.05, 0.1) is 0 Å². The Kier molecular flexibility index (Phi) is 2.28. The lowest BCUT2D eigenvalue weighted by Gasteiger charge is -1.96. The Labute approximate surface area is 80.5 Å². The maximum Gasteiger partial charge on any atom is 0.238 e. The van der Waals surface area contributed by atoms with Gasteiger partial charge in [0.15, 0.2) is 5.82 Å². The van der Waals surface area contributed by atoms with Gasteiger partial charge in [0, 0.05) is 24.9 Å². The minimum atomic E-state index is 0.0138. The second-order valence-corrected chi connectivity index (χ2v) is 3.13. The maximum absolute atomic E-state index is 5.60. The number of rotatable bonds is 3. The van der Waals surface area contributed by atoms with Crippen molar-refractivity contribution in [2.45, 2.75) is 19.4 Å². The number of hydrogen-bond donors (Lipinski definition) is 2. The van der Waals surface area contributed by atoms with Crippen LogP contribution in [0.4, 0.5) is 0 Å². The van der Waals surface area contributed by atoms with Crippen molar-refractivity contribution < 1.29 is 4.52 Å². The van der Waals surface area contributed by atoms with Crippen LogP contribution in [0.25, 0.3) is 11.6 Å². The molecule has 1 unspecified atom stereocenters. The Bertz CT molecular complexity index is 392. The van der Waals surface area contributed by atoms with Gasteiger partial charge >= 0.3 is 0 Å². The maximum atomic E-state index is 5.60. The van der Waals surface area contributed by atoms with Crippen LogP contribution in [-0.4, -0.2) is 26.2 Å². The average Bonchev–Trinajstić information content (AvgIpc) is 2.69. The number of nitrogens with zero attached hydrogens (tertiary/aromatic N) is 3. The number of nitrogens with one attached hydrogen (secondary N) is 1. The summed E-state index contributed by atoms with van der Waals surface area (Å²) in [5, 5.41) is 3.78. The number of hydrogen-bond acceptors (Lipinski definition) is 5. The number of aromatic amines is 1. The Morgan fingerprint density at radius 2 is 2.50 bits per heavy atom. The van der Waals surface area contributed by atoms with E-state index < -0.39 is 0 Å². The summed E-state index contributed by atoms with van der Waals surface area (Å²) in [5.74, 6) is 1.60. The van der Waals surface area contributed by atoms with Crippen LogP contribution in [0.15, 0.2) is 16.9 Å². The molecule has 0 amide bonds. The first-order chi connectivity index (χ1) is 6.75. The SMILES string of the molecule is CC(N)Cc1nc(-c2ncc[nH]2)no1. The largest absolute Gasteiger partial charge is 0.342 e. The van der Waals surface area contributed by atoms with E-state index in [1.165, 1.54) is 0 Å². The van der Waals surface area contributed by atoms with Gasteiger partial charge in [-0.05, 0) is 6.92 Å². The summed E-state index contributed by atoms with van der Waals surface area (Å²) in [6, 6.07) is 0.0138. The van der Waals surface area contributed by atoms with E-state index in [2.05, 4.69) is 20.1 Å². The molecule has 2 heterocycles. The Morgan fingerprint density at radius 3 is 3.14 bits per heavy atom. The number of H-pyrrole nitrogens is 1. The number of nitrogens with two attached hydrogens (primary N) is 1. The third kappa shape index (κ3) is 1.80. The molecule has 0 aromatic carbocycles. The Balaban J connectivity index is 2.18. The lowest BCUT2D eigenvalue weighted by atomic mass is 10.2. The summed E-state index contributed by atoms with van der Waals surface area (Å²) in [4.78, 5) is 11.0. The zero-order valence-electron chi connectivity index (χ0n) is 7.77. The zero-order valence-corrected chi connectivity index (χ0v) is 7.77. The fraction of sp³-hybridized carbons (Fsp3) is 0.375. The van der Waals surface area contributed by atoms with Gasteiger partial charge in [-0.15, -0.1) is 0 Å². The summed E-state index contributed by atoms with van der Waals surface area (Å²) < 4.78 is 5.00. The number of imidazole rings is 1. The summed E-state index contributed by atoms with van der Waals surface area (Å²) in [7, 11) is 0. The fourth-order valence-electron chi connectivity index (χ4n) is 1.10. The van der Waals surface area contributed by atoms with E-state index in [9.17, 15) is 0 Å². The van der Waals surface area contributed by atoms with Crippen molar-refractivity contribution in [2.24, 2.45) is 5.73 Å².